The molecule has 1 aliphatic heterocycles. The summed E-state index contributed by atoms with van der Waals surface area (Å²) in [5.41, 5.74) is 0.762. The number of fused-ring (bicyclic) bond motifs is 1. The fourth-order valence-electron chi connectivity index (χ4n) is 2.56. The lowest BCUT2D eigenvalue weighted by molar-refractivity contribution is -0.134. The number of benzene rings is 1. The van der Waals surface area contributed by atoms with Gasteiger partial charge in [-0.25, -0.2) is 4.98 Å². The SMILES string of the molecule is CC1(O)CCCN(C(=O)CSc2nc3ccccc3o2)C1. The zero-order valence-corrected chi connectivity index (χ0v) is 12.7. The van der Waals surface area contributed by atoms with Crippen molar-refractivity contribution in [1.82, 2.24) is 9.88 Å². The number of hydrogen-bond acceptors (Lipinski definition) is 5. The summed E-state index contributed by atoms with van der Waals surface area (Å²) in [5, 5.41) is 10.6. The summed E-state index contributed by atoms with van der Waals surface area (Å²) >= 11 is 1.30. The lowest BCUT2D eigenvalue weighted by Gasteiger charge is -2.36. The molecule has 0 aliphatic carbocycles. The molecule has 0 saturated carbocycles. The Morgan fingerprint density at radius 1 is 1.52 bits per heavy atom. The minimum Gasteiger partial charge on any atom is -0.431 e. The number of aromatic nitrogens is 1. The Kier molecular flexibility index (Phi) is 3.91. The lowest BCUT2D eigenvalue weighted by Crippen LogP contribution is -2.49. The standard InChI is InChI=1S/C15H18N2O3S/c1-15(19)7-4-8-17(10-15)13(18)9-21-14-16-11-5-2-3-6-12(11)20-14/h2-3,5-6,19H,4,7-10H2,1H3. The number of rotatable bonds is 3. The second kappa shape index (κ2) is 5.69. The Balaban J connectivity index is 1.60. The largest absolute Gasteiger partial charge is 0.431 e. The maximum Gasteiger partial charge on any atom is 0.257 e. The minimum absolute atomic E-state index is 0.0160. The van der Waals surface area contributed by atoms with Crippen molar-refractivity contribution in [3.8, 4) is 0 Å². The predicted molar refractivity (Wildman–Crippen MR) is 81.2 cm³/mol. The van der Waals surface area contributed by atoms with Crippen molar-refractivity contribution >= 4 is 28.8 Å². The highest BCUT2D eigenvalue weighted by atomic mass is 32.2. The van der Waals surface area contributed by atoms with Gasteiger partial charge in [0.15, 0.2) is 5.58 Å². The second-order valence-electron chi connectivity index (χ2n) is 5.65. The lowest BCUT2D eigenvalue weighted by atomic mass is 9.95. The molecule has 1 atom stereocenters. The van der Waals surface area contributed by atoms with Crippen LogP contribution >= 0.6 is 11.8 Å². The molecule has 0 bridgehead atoms. The van der Waals surface area contributed by atoms with E-state index in [9.17, 15) is 9.90 Å². The Morgan fingerprint density at radius 2 is 2.33 bits per heavy atom. The summed E-state index contributed by atoms with van der Waals surface area (Å²) in [5.74, 6) is 0.297. The zero-order valence-electron chi connectivity index (χ0n) is 11.9. The van der Waals surface area contributed by atoms with Gasteiger partial charge in [0, 0.05) is 13.1 Å². The number of amides is 1. The highest BCUT2D eigenvalue weighted by Gasteiger charge is 2.30. The fraction of sp³-hybridized carbons (Fsp3) is 0.467. The van der Waals surface area contributed by atoms with Crippen LogP contribution in [-0.4, -0.2) is 45.3 Å². The second-order valence-corrected chi connectivity index (χ2v) is 6.58. The van der Waals surface area contributed by atoms with E-state index in [0.29, 0.717) is 18.3 Å². The summed E-state index contributed by atoms with van der Waals surface area (Å²) in [4.78, 5) is 18.3. The van der Waals surface area contributed by atoms with Gasteiger partial charge in [0.05, 0.1) is 11.4 Å². The molecule has 1 aromatic carbocycles. The van der Waals surface area contributed by atoms with Crippen molar-refractivity contribution in [2.24, 2.45) is 0 Å². The van der Waals surface area contributed by atoms with Crippen molar-refractivity contribution < 1.29 is 14.3 Å². The molecule has 21 heavy (non-hydrogen) atoms. The van der Waals surface area contributed by atoms with Crippen LogP contribution in [-0.2, 0) is 4.79 Å². The third-order valence-electron chi connectivity index (χ3n) is 3.62. The van der Waals surface area contributed by atoms with E-state index in [0.717, 1.165) is 23.9 Å². The van der Waals surface area contributed by atoms with E-state index in [1.54, 1.807) is 11.8 Å². The van der Waals surface area contributed by atoms with Crippen LogP contribution in [0, 0.1) is 0 Å². The number of thioether (sulfide) groups is 1. The first-order chi connectivity index (χ1) is 10.0. The minimum atomic E-state index is -0.768. The van der Waals surface area contributed by atoms with Crippen molar-refractivity contribution in [3.63, 3.8) is 0 Å². The van der Waals surface area contributed by atoms with Gasteiger partial charge in [-0.2, -0.15) is 0 Å². The van der Waals surface area contributed by atoms with Gasteiger partial charge in [-0.15, -0.1) is 0 Å². The number of aliphatic hydroxyl groups is 1. The van der Waals surface area contributed by atoms with Crippen molar-refractivity contribution in [1.29, 1.82) is 0 Å². The van der Waals surface area contributed by atoms with Crippen molar-refractivity contribution in [3.05, 3.63) is 24.3 Å². The Bertz CT molecular complexity index is 620. The summed E-state index contributed by atoms with van der Waals surface area (Å²) in [7, 11) is 0. The number of nitrogens with zero attached hydrogens (tertiary/aromatic N) is 2. The molecule has 1 amide bonds. The van der Waals surface area contributed by atoms with Crippen LogP contribution in [0.3, 0.4) is 0 Å². The van der Waals surface area contributed by atoms with Crippen LogP contribution in [0.1, 0.15) is 19.8 Å². The third kappa shape index (κ3) is 3.39. The smallest absolute Gasteiger partial charge is 0.257 e. The Hall–Kier alpha value is -1.53. The van der Waals surface area contributed by atoms with Gasteiger partial charge >= 0.3 is 0 Å². The van der Waals surface area contributed by atoms with Crippen LogP contribution in [0.2, 0.25) is 0 Å². The topological polar surface area (TPSA) is 66.6 Å². The molecule has 1 N–H and O–H groups in total. The fourth-order valence-corrected chi connectivity index (χ4v) is 3.30. The van der Waals surface area contributed by atoms with Crippen LogP contribution in [0.15, 0.2) is 33.9 Å². The van der Waals surface area contributed by atoms with Crippen LogP contribution in [0.25, 0.3) is 11.1 Å². The predicted octanol–water partition coefficient (Wildman–Crippen LogP) is 2.29. The number of piperidine rings is 1. The summed E-state index contributed by atoms with van der Waals surface area (Å²) in [6, 6.07) is 7.53. The Labute approximate surface area is 127 Å². The monoisotopic (exact) mass is 306 g/mol. The normalized spacial score (nSPS) is 22.7. The van der Waals surface area contributed by atoms with E-state index in [4.69, 9.17) is 4.42 Å². The molecule has 0 radical (unpaired) electrons. The molecule has 6 heteroatoms. The van der Waals surface area contributed by atoms with Gasteiger partial charge < -0.3 is 14.4 Å². The van der Waals surface area contributed by atoms with Gasteiger partial charge in [0.1, 0.15) is 5.52 Å². The summed E-state index contributed by atoms with van der Waals surface area (Å²) in [6.07, 6.45) is 1.58. The molecule has 1 saturated heterocycles. The molecule has 1 unspecified atom stereocenters. The summed E-state index contributed by atoms with van der Waals surface area (Å²) in [6.45, 7) is 2.89. The number of likely N-dealkylation sites (tertiary alicyclic amines) is 1. The number of para-hydroxylation sites is 2. The van der Waals surface area contributed by atoms with E-state index in [1.807, 2.05) is 24.3 Å². The summed E-state index contributed by atoms with van der Waals surface area (Å²) < 4.78 is 5.58. The average Bonchev–Trinajstić information content (AvgIpc) is 2.86. The number of hydrogen-bond donors (Lipinski definition) is 1. The first-order valence-corrected chi connectivity index (χ1v) is 8.01. The highest BCUT2D eigenvalue weighted by Crippen LogP contribution is 2.25. The van der Waals surface area contributed by atoms with Gasteiger partial charge in [0.2, 0.25) is 5.91 Å². The molecule has 1 fully saturated rings. The molecule has 1 aromatic heterocycles. The van der Waals surface area contributed by atoms with E-state index in [-0.39, 0.29) is 11.7 Å². The van der Waals surface area contributed by atoms with Crippen LogP contribution in [0.4, 0.5) is 0 Å². The van der Waals surface area contributed by atoms with Crippen molar-refractivity contribution in [2.75, 3.05) is 18.8 Å². The molecular weight excluding hydrogens is 288 g/mol. The molecule has 112 valence electrons. The molecule has 2 heterocycles. The van der Waals surface area contributed by atoms with E-state index < -0.39 is 5.60 Å². The van der Waals surface area contributed by atoms with Gasteiger partial charge in [-0.3, -0.25) is 4.79 Å². The van der Waals surface area contributed by atoms with Crippen molar-refractivity contribution in [2.45, 2.75) is 30.6 Å². The number of carbonyl (C=O) groups is 1. The number of oxazole rings is 1. The molecular formula is C15H18N2O3S. The van der Waals surface area contributed by atoms with E-state index in [1.165, 1.54) is 11.8 Å². The number of carbonyl (C=O) groups excluding carboxylic acids is 1. The highest BCUT2D eigenvalue weighted by molar-refractivity contribution is 7.99. The van der Waals surface area contributed by atoms with Gasteiger partial charge in [0.25, 0.3) is 5.22 Å². The maximum absolute atomic E-state index is 12.2. The van der Waals surface area contributed by atoms with Crippen LogP contribution < -0.4 is 0 Å². The molecule has 2 aromatic rings. The van der Waals surface area contributed by atoms with Crippen LogP contribution in [0.5, 0.6) is 0 Å². The van der Waals surface area contributed by atoms with Gasteiger partial charge in [-0.05, 0) is 31.9 Å². The zero-order chi connectivity index (χ0) is 14.9. The van der Waals surface area contributed by atoms with Gasteiger partial charge in [-0.1, -0.05) is 23.9 Å². The average molecular weight is 306 g/mol. The third-order valence-corrected chi connectivity index (χ3v) is 4.43. The maximum atomic E-state index is 12.2. The molecule has 1 aliphatic rings. The first-order valence-electron chi connectivity index (χ1n) is 7.02. The molecule has 0 spiro atoms. The van der Waals surface area contributed by atoms with E-state index in [2.05, 4.69) is 4.98 Å². The first kappa shape index (κ1) is 14.4. The number of β-amino-alcohol motifs (C(OH)–C–C–N with tert-alkyl or cyclic N) is 1. The quantitative estimate of drug-likeness (QED) is 0.881. The van der Waals surface area contributed by atoms with E-state index >= 15 is 0 Å². The molecule has 3 rings (SSSR count). The Morgan fingerprint density at radius 3 is 3.10 bits per heavy atom. The molecule has 5 nitrogen and oxygen atoms in total.